The van der Waals surface area contributed by atoms with Crippen LogP contribution in [0.2, 0.25) is 0 Å². The van der Waals surface area contributed by atoms with Crippen LogP contribution in [0.4, 0.5) is 5.82 Å². The molecule has 22 heavy (non-hydrogen) atoms. The van der Waals surface area contributed by atoms with E-state index in [9.17, 15) is 4.79 Å². The Hall–Kier alpha value is -1.99. The maximum absolute atomic E-state index is 12.3. The van der Waals surface area contributed by atoms with Crippen molar-refractivity contribution in [2.24, 2.45) is 0 Å². The molecule has 1 amide bonds. The molecular weight excluding hydrogens is 300 g/mol. The van der Waals surface area contributed by atoms with Crippen LogP contribution in [0.15, 0.2) is 29.9 Å². The number of carbonyl (C=O) groups excluding carboxylic acids is 1. The molecule has 0 aromatic carbocycles. The lowest BCUT2D eigenvalue weighted by Crippen LogP contribution is -2.40. The summed E-state index contributed by atoms with van der Waals surface area (Å²) in [7, 11) is 1.97. The van der Waals surface area contributed by atoms with Gasteiger partial charge in [-0.15, -0.1) is 11.3 Å². The maximum atomic E-state index is 12.3. The maximum Gasteiger partial charge on any atom is 0.255 e. The molecule has 0 N–H and O–H groups in total. The molecule has 3 rings (SSSR count). The van der Waals surface area contributed by atoms with Crippen LogP contribution >= 0.6 is 11.3 Å². The number of carbonyl (C=O) groups is 1. The third kappa shape index (κ3) is 3.42. The van der Waals surface area contributed by atoms with Crippen molar-refractivity contribution in [3.63, 3.8) is 0 Å². The lowest BCUT2D eigenvalue weighted by molar-refractivity contribution is 0.0302. The van der Waals surface area contributed by atoms with Crippen molar-refractivity contribution >= 4 is 23.1 Å². The molecular formula is C15H18N4O2S. The Morgan fingerprint density at radius 2 is 2.18 bits per heavy atom. The van der Waals surface area contributed by atoms with Crippen molar-refractivity contribution in [3.05, 3.63) is 40.5 Å². The SMILES string of the molecule is CN(Cc1nccs1)c1ccc(C(=O)N2CCOCC2)cn1. The first-order valence-corrected chi connectivity index (χ1v) is 8.04. The van der Waals surface area contributed by atoms with E-state index in [2.05, 4.69) is 9.97 Å². The van der Waals surface area contributed by atoms with E-state index >= 15 is 0 Å². The Labute approximate surface area is 133 Å². The predicted octanol–water partition coefficient (Wildman–Crippen LogP) is 1.65. The van der Waals surface area contributed by atoms with Gasteiger partial charge < -0.3 is 14.5 Å². The van der Waals surface area contributed by atoms with Gasteiger partial charge in [0.25, 0.3) is 5.91 Å². The molecule has 6 nitrogen and oxygen atoms in total. The number of ether oxygens (including phenoxy) is 1. The minimum Gasteiger partial charge on any atom is -0.378 e. The van der Waals surface area contributed by atoms with Crippen molar-refractivity contribution < 1.29 is 9.53 Å². The highest BCUT2D eigenvalue weighted by molar-refractivity contribution is 7.09. The van der Waals surface area contributed by atoms with E-state index in [1.807, 2.05) is 29.5 Å². The highest BCUT2D eigenvalue weighted by Crippen LogP contribution is 2.15. The second-order valence-electron chi connectivity index (χ2n) is 5.09. The molecule has 1 fully saturated rings. The molecule has 1 saturated heterocycles. The molecule has 1 aliphatic rings. The predicted molar refractivity (Wildman–Crippen MR) is 85.2 cm³/mol. The van der Waals surface area contributed by atoms with Gasteiger partial charge in [0, 0.05) is 37.9 Å². The quantitative estimate of drug-likeness (QED) is 0.858. The molecule has 7 heteroatoms. The third-order valence-electron chi connectivity index (χ3n) is 3.54. The van der Waals surface area contributed by atoms with Gasteiger partial charge >= 0.3 is 0 Å². The average molecular weight is 318 g/mol. The average Bonchev–Trinajstić information content (AvgIpc) is 3.08. The Kier molecular flexibility index (Phi) is 4.65. The van der Waals surface area contributed by atoms with E-state index in [1.54, 1.807) is 28.6 Å². The van der Waals surface area contributed by atoms with Gasteiger partial charge in [-0.2, -0.15) is 0 Å². The largest absolute Gasteiger partial charge is 0.378 e. The van der Waals surface area contributed by atoms with Crippen LogP contribution in [0.5, 0.6) is 0 Å². The van der Waals surface area contributed by atoms with Gasteiger partial charge in [-0.3, -0.25) is 4.79 Å². The number of rotatable bonds is 4. The molecule has 0 unspecified atom stereocenters. The Morgan fingerprint density at radius 3 is 2.82 bits per heavy atom. The Balaban J connectivity index is 1.65. The van der Waals surface area contributed by atoms with Crippen molar-refractivity contribution in [1.82, 2.24) is 14.9 Å². The van der Waals surface area contributed by atoms with Crippen LogP contribution in [0.25, 0.3) is 0 Å². The molecule has 1 aliphatic heterocycles. The smallest absolute Gasteiger partial charge is 0.255 e. The number of aromatic nitrogens is 2. The fourth-order valence-corrected chi connectivity index (χ4v) is 2.97. The number of morpholine rings is 1. The number of nitrogens with zero attached hydrogens (tertiary/aromatic N) is 4. The third-order valence-corrected chi connectivity index (χ3v) is 4.30. The highest BCUT2D eigenvalue weighted by atomic mass is 32.1. The van der Waals surface area contributed by atoms with Crippen molar-refractivity contribution in [2.75, 3.05) is 38.3 Å². The van der Waals surface area contributed by atoms with Crippen LogP contribution in [0.1, 0.15) is 15.4 Å². The van der Waals surface area contributed by atoms with Gasteiger partial charge in [-0.05, 0) is 12.1 Å². The topological polar surface area (TPSA) is 58.6 Å². The second kappa shape index (κ2) is 6.85. The highest BCUT2D eigenvalue weighted by Gasteiger charge is 2.18. The van der Waals surface area contributed by atoms with Crippen LogP contribution in [-0.4, -0.2) is 54.1 Å². The molecule has 0 saturated carbocycles. The fraction of sp³-hybridized carbons (Fsp3) is 0.400. The van der Waals surface area contributed by atoms with Crippen LogP contribution in [-0.2, 0) is 11.3 Å². The van der Waals surface area contributed by atoms with Crippen LogP contribution in [0, 0.1) is 0 Å². The summed E-state index contributed by atoms with van der Waals surface area (Å²) in [5, 5.41) is 3.00. The molecule has 0 bridgehead atoms. The zero-order valence-electron chi connectivity index (χ0n) is 12.4. The number of anilines is 1. The first kappa shape index (κ1) is 14.9. The van der Waals surface area contributed by atoms with Gasteiger partial charge in [-0.1, -0.05) is 0 Å². The zero-order chi connectivity index (χ0) is 15.4. The standard InChI is InChI=1S/C15H18N4O2S/c1-18(11-14-16-4-9-22-14)13-3-2-12(10-17-13)15(20)19-5-7-21-8-6-19/h2-4,9-10H,5-8,11H2,1H3. The van der Waals surface area contributed by atoms with Crippen molar-refractivity contribution in [2.45, 2.75) is 6.54 Å². The lowest BCUT2D eigenvalue weighted by Gasteiger charge is -2.27. The second-order valence-corrected chi connectivity index (χ2v) is 6.07. The summed E-state index contributed by atoms with van der Waals surface area (Å²) in [6.07, 6.45) is 3.44. The minimum atomic E-state index is 0.0185. The zero-order valence-corrected chi connectivity index (χ0v) is 13.3. The summed E-state index contributed by atoms with van der Waals surface area (Å²) in [5.41, 5.74) is 0.619. The molecule has 0 aliphatic carbocycles. The number of hydrogen-bond acceptors (Lipinski definition) is 6. The van der Waals surface area contributed by atoms with E-state index < -0.39 is 0 Å². The molecule has 116 valence electrons. The summed E-state index contributed by atoms with van der Waals surface area (Å²) >= 11 is 1.62. The molecule has 3 heterocycles. The summed E-state index contributed by atoms with van der Waals surface area (Å²) < 4.78 is 5.27. The van der Waals surface area contributed by atoms with Gasteiger partial charge in [0.15, 0.2) is 0 Å². The summed E-state index contributed by atoms with van der Waals surface area (Å²) in [6.45, 7) is 3.21. The van der Waals surface area contributed by atoms with Gasteiger partial charge in [0.1, 0.15) is 10.8 Å². The van der Waals surface area contributed by atoms with E-state index in [4.69, 9.17) is 4.74 Å². The van der Waals surface area contributed by atoms with Crippen LogP contribution in [0.3, 0.4) is 0 Å². The fourth-order valence-electron chi connectivity index (χ4n) is 2.30. The molecule has 0 atom stereocenters. The number of hydrogen-bond donors (Lipinski definition) is 0. The lowest BCUT2D eigenvalue weighted by atomic mass is 10.2. The van der Waals surface area contributed by atoms with Crippen molar-refractivity contribution in [1.29, 1.82) is 0 Å². The molecule has 2 aromatic rings. The molecule has 0 spiro atoms. The number of pyridine rings is 1. The summed E-state index contributed by atoms with van der Waals surface area (Å²) in [6, 6.07) is 3.71. The van der Waals surface area contributed by atoms with Gasteiger partial charge in [0.2, 0.25) is 0 Å². The van der Waals surface area contributed by atoms with Crippen molar-refractivity contribution in [3.8, 4) is 0 Å². The minimum absolute atomic E-state index is 0.0185. The van der Waals surface area contributed by atoms with Gasteiger partial charge in [0.05, 0.1) is 25.3 Å². The first-order chi connectivity index (χ1) is 10.7. The van der Waals surface area contributed by atoms with Crippen LogP contribution < -0.4 is 4.90 Å². The van der Waals surface area contributed by atoms with E-state index in [0.29, 0.717) is 38.4 Å². The Bertz CT molecular complexity index is 609. The van der Waals surface area contributed by atoms with E-state index in [0.717, 1.165) is 10.8 Å². The summed E-state index contributed by atoms with van der Waals surface area (Å²) in [4.78, 5) is 24.8. The molecule has 0 radical (unpaired) electrons. The normalized spacial score (nSPS) is 14.9. The Morgan fingerprint density at radius 1 is 1.36 bits per heavy atom. The monoisotopic (exact) mass is 318 g/mol. The first-order valence-electron chi connectivity index (χ1n) is 7.16. The summed E-state index contributed by atoms with van der Waals surface area (Å²) in [5.74, 6) is 0.846. The number of amides is 1. The van der Waals surface area contributed by atoms with Gasteiger partial charge in [-0.25, -0.2) is 9.97 Å². The van der Waals surface area contributed by atoms with E-state index in [1.165, 1.54) is 0 Å². The number of thiazole rings is 1. The molecule has 2 aromatic heterocycles. The van der Waals surface area contributed by atoms with E-state index in [-0.39, 0.29) is 5.91 Å².